The Bertz CT molecular complexity index is 825. The van der Waals surface area contributed by atoms with E-state index in [1.807, 2.05) is 56.3 Å². The van der Waals surface area contributed by atoms with Gasteiger partial charge in [-0.25, -0.2) is 4.98 Å². The zero-order valence-corrected chi connectivity index (χ0v) is 13.9. The Morgan fingerprint density at radius 1 is 1.22 bits per heavy atom. The van der Waals surface area contributed by atoms with E-state index in [2.05, 4.69) is 10.3 Å². The summed E-state index contributed by atoms with van der Waals surface area (Å²) in [5.41, 5.74) is 2.69. The molecule has 0 fully saturated rings. The van der Waals surface area contributed by atoms with Crippen LogP contribution in [0, 0.1) is 6.92 Å². The van der Waals surface area contributed by atoms with E-state index in [9.17, 15) is 4.79 Å². The van der Waals surface area contributed by atoms with Crippen molar-refractivity contribution in [3.63, 3.8) is 0 Å². The highest BCUT2D eigenvalue weighted by atomic mass is 32.1. The van der Waals surface area contributed by atoms with Gasteiger partial charge in [0.1, 0.15) is 11.3 Å². The zero-order chi connectivity index (χ0) is 16.2. The minimum absolute atomic E-state index is 0.0503. The summed E-state index contributed by atoms with van der Waals surface area (Å²) in [6.07, 6.45) is 0. The molecule has 0 saturated carbocycles. The third-order valence-corrected chi connectivity index (χ3v) is 4.43. The Labute approximate surface area is 139 Å². The fourth-order valence-electron chi connectivity index (χ4n) is 2.27. The second-order valence-electron chi connectivity index (χ2n) is 5.20. The van der Waals surface area contributed by atoms with Crippen molar-refractivity contribution in [1.29, 1.82) is 0 Å². The highest BCUT2D eigenvalue weighted by molar-refractivity contribution is 7.22. The average Bonchev–Trinajstić information content (AvgIpc) is 2.98. The molecule has 5 heteroatoms. The van der Waals surface area contributed by atoms with Crippen molar-refractivity contribution < 1.29 is 9.53 Å². The summed E-state index contributed by atoms with van der Waals surface area (Å²) in [5.74, 6) is 0.827. The maximum absolute atomic E-state index is 12.2. The number of benzene rings is 2. The van der Waals surface area contributed by atoms with E-state index in [0.717, 1.165) is 26.7 Å². The summed E-state index contributed by atoms with van der Waals surface area (Å²) in [6.45, 7) is 4.78. The number of aromatic nitrogens is 1. The number of Topliss-reactive ketones (excluding diaryl/α,β-unsaturated/α-hetero) is 1. The number of ether oxygens (including phenoxy) is 1. The summed E-state index contributed by atoms with van der Waals surface area (Å²) in [6, 6.07) is 13.5. The van der Waals surface area contributed by atoms with E-state index in [1.54, 1.807) is 0 Å². The molecule has 1 heterocycles. The predicted molar refractivity (Wildman–Crippen MR) is 94.8 cm³/mol. The molecule has 0 aliphatic rings. The molecule has 0 atom stereocenters. The number of nitrogens with zero attached hydrogens (tertiary/aromatic N) is 1. The number of thiazole rings is 1. The summed E-state index contributed by atoms with van der Waals surface area (Å²) < 4.78 is 6.63. The number of anilines is 1. The van der Waals surface area contributed by atoms with Crippen molar-refractivity contribution >= 4 is 32.5 Å². The van der Waals surface area contributed by atoms with E-state index >= 15 is 0 Å². The Morgan fingerprint density at radius 2 is 2.00 bits per heavy atom. The number of fused-ring (bicyclic) bond motifs is 1. The molecule has 3 aromatic rings. The van der Waals surface area contributed by atoms with Gasteiger partial charge < -0.3 is 10.1 Å². The van der Waals surface area contributed by atoms with Gasteiger partial charge in [-0.05, 0) is 26.0 Å². The van der Waals surface area contributed by atoms with Gasteiger partial charge in [-0.2, -0.15) is 0 Å². The fourth-order valence-corrected chi connectivity index (χ4v) is 3.15. The molecule has 1 aromatic heterocycles. The quantitative estimate of drug-likeness (QED) is 0.686. The van der Waals surface area contributed by atoms with Gasteiger partial charge in [0.05, 0.1) is 17.9 Å². The lowest BCUT2D eigenvalue weighted by Gasteiger charge is -2.03. The van der Waals surface area contributed by atoms with Gasteiger partial charge in [0.15, 0.2) is 10.9 Å². The van der Waals surface area contributed by atoms with Crippen LogP contribution in [0.1, 0.15) is 22.8 Å². The van der Waals surface area contributed by atoms with Crippen molar-refractivity contribution in [3.05, 3.63) is 53.6 Å². The molecule has 1 N–H and O–H groups in total. The summed E-state index contributed by atoms with van der Waals surface area (Å²) >= 11 is 1.52. The minimum Gasteiger partial charge on any atom is -0.492 e. The molecule has 3 rings (SSSR count). The van der Waals surface area contributed by atoms with Crippen LogP contribution < -0.4 is 10.1 Å². The van der Waals surface area contributed by atoms with Crippen molar-refractivity contribution in [3.8, 4) is 5.75 Å². The Kier molecular flexibility index (Phi) is 4.57. The molecule has 23 heavy (non-hydrogen) atoms. The lowest BCUT2D eigenvalue weighted by atomic mass is 10.1. The predicted octanol–water partition coefficient (Wildman–Crippen LogP) is 4.30. The highest BCUT2D eigenvalue weighted by Gasteiger charge is 2.10. The van der Waals surface area contributed by atoms with Gasteiger partial charge in [-0.1, -0.05) is 47.2 Å². The van der Waals surface area contributed by atoms with Crippen molar-refractivity contribution in [2.45, 2.75) is 13.8 Å². The number of para-hydroxylation sites is 1. The monoisotopic (exact) mass is 326 g/mol. The van der Waals surface area contributed by atoms with E-state index < -0.39 is 0 Å². The largest absolute Gasteiger partial charge is 0.492 e. The third-order valence-electron chi connectivity index (χ3n) is 3.46. The Hall–Kier alpha value is -2.40. The van der Waals surface area contributed by atoms with Gasteiger partial charge >= 0.3 is 0 Å². The molecular formula is C18H18N2O2S. The maximum atomic E-state index is 12.2. The van der Waals surface area contributed by atoms with Gasteiger partial charge in [-0.3, -0.25) is 4.79 Å². The lowest BCUT2D eigenvalue weighted by Crippen LogP contribution is -2.13. The van der Waals surface area contributed by atoms with Crippen LogP contribution in [0.3, 0.4) is 0 Å². The molecule has 0 aliphatic carbocycles. The first-order valence-electron chi connectivity index (χ1n) is 7.53. The molecule has 0 aliphatic heterocycles. The average molecular weight is 326 g/mol. The number of carbonyl (C=O) groups is 1. The van der Waals surface area contributed by atoms with Crippen LogP contribution in [0.4, 0.5) is 5.13 Å². The molecule has 0 bridgehead atoms. The van der Waals surface area contributed by atoms with E-state index in [1.165, 1.54) is 11.3 Å². The molecule has 0 saturated heterocycles. The van der Waals surface area contributed by atoms with Crippen LogP contribution in [-0.2, 0) is 0 Å². The summed E-state index contributed by atoms with van der Waals surface area (Å²) in [4.78, 5) is 16.7. The van der Waals surface area contributed by atoms with Gasteiger partial charge in [0.2, 0.25) is 0 Å². The molecule has 2 aromatic carbocycles. The zero-order valence-electron chi connectivity index (χ0n) is 13.1. The fraction of sp³-hybridized carbons (Fsp3) is 0.222. The van der Waals surface area contributed by atoms with Gasteiger partial charge in [-0.15, -0.1) is 0 Å². The Balaban J connectivity index is 1.73. The first-order chi connectivity index (χ1) is 11.2. The second-order valence-corrected chi connectivity index (χ2v) is 6.23. The number of aryl methyl sites for hydroxylation is 1. The first-order valence-corrected chi connectivity index (χ1v) is 8.35. The minimum atomic E-state index is 0.0503. The molecule has 4 nitrogen and oxygen atoms in total. The molecule has 0 unspecified atom stereocenters. The first kappa shape index (κ1) is 15.5. The van der Waals surface area contributed by atoms with Crippen LogP contribution >= 0.6 is 11.3 Å². The summed E-state index contributed by atoms with van der Waals surface area (Å²) in [7, 11) is 0. The molecule has 0 spiro atoms. The van der Waals surface area contributed by atoms with Crippen LogP contribution in [0.15, 0.2) is 42.5 Å². The second kappa shape index (κ2) is 6.79. The van der Waals surface area contributed by atoms with Crippen molar-refractivity contribution in [2.75, 3.05) is 18.5 Å². The molecular weight excluding hydrogens is 308 g/mol. The van der Waals surface area contributed by atoms with Crippen LogP contribution in [0.2, 0.25) is 0 Å². The third kappa shape index (κ3) is 3.51. The molecule has 0 amide bonds. The topological polar surface area (TPSA) is 51.2 Å². The van der Waals surface area contributed by atoms with Crippen LogP contribution in [-0.4, -0.2) is 23.9 Å². The number of hydrogen-bond acceptors (Lipinski definition) is 5. The van der Waals surface area contributed by atoms with Crippen LogP contribution in [0.25, 0.3) is 10.2 Å². The van der Waals surface area contributed by atoms with Crippen molar-refractivity contribution in [1.82, 2.24) is 4.98 Å². The lowest BCUT2D eigenvalue weighted by molar-refractivity contribution is 0.101. The number of carbonyl (C=O) groups excluding carboxylic acids is 1. The van der Waals surface area contributed by atoms with Crippen LogP contribution in [0.5, 0.6) is 5.75 Å². The smallest absolute Gasteiger partial charge is 0.184 e. The SMILES string of the molecule is CCOc1cccc2sc(NCC(=O)c3ccc(C)cc3)nc12. The number of nitrogens with one attached hydrogen (secondary N) is 1. The number of ketones is 1. The molecule has 118 valence electrons. The normalized spacial score (nSPS) is 10.7. The van der Waals surface area contributed by atoms with E-state index in [0.29, 0.717) is 12.2 Å². The van der Waals surface area contributed by atoms with E-state index in [4.69, 9.17) is 4.74 Å². The standard InChI is InChI=1S/C18H18N2O2S/c1-3-22-15-5-4-6-16-17(15)20-18(23-16)19-11-14(21)13-9-7-12(2)8-10-13/h4-10H,3,11H2,1-2H3,(H,19,20). The summed E-state index contributed by atoms with van der Waals surface area (Å²) in [5, 5.41) is 3.85. The Morgan fingerprint density at radius 3 is 2.74 bits per heavy atom. The van der Waals surface area contributed by atoms with E-state index in [-0.39, 0.29) is 12.3 Å². The van der Waals surface area contributed by atoms with Gasteiger partial charge in [0, 0.05) is 5.56 Å². The van der Waals surface area contributed by atoms with Gasteiger partial charge in [0.25, 0.3) is 0 Å². The number of hydrogen-bond donors (Lipinski definition) is 1. The molecule has 0 radical (unpaired) electrons. The number of rotatable bonds is 6. The maximum Gasteiger partial charge on any atom is 0.184 e. The highest BCUT2D eigenvalue weighted by Crippen LogP contribution is 2.32. The van der Waals surface area contributed by atoms with Crippen molar-refractivity contribution in [2.24, 2.45) is 0 Å².